The maximum atomic E-state index is 13.2. The molecule has 1 heterocycles. The molecule has 0 aliphatic rings. The van der Waals surface area contributed by atoms with Crippen molar-refractivity contribution in [2.45, 2.75) is 6.42 Å². The summed E-state index contributed by atoms with van der Waals surface area (Å²) in [6.45, 7) is 0. The van der Waals surface area contributed by atoms with E-state index in [4.69, 9.17) is 0 Å². The van der Waals surface area contributed by atoms with Gasteiger partial charge in [0.05, 0.1) is 11.4 Å². The van der Waals surface area contributed by atoms with Crippen LogP contribution < -0.4 is 5.56 Å². The second-order valence-corrected chi connectivity index (χ2v) is 6.11. The van der Waals surface area contributed by atoms with Crippen molar-refractivity contribution in [2.24, 2.45) is 0 Å². The lowest BCUT2D eigenvalue weighted by molar-refractivity contribution is 0.627. The van der Waals surface area contributed by atoms with Crippen LogP contribution in [0.1, 0.15) is 11.1 Å². The first kappa shape index (κ1) is 16.1. The number of benzene rings is 3. The van der Waals surface area contributed by atoms with Crippen LogP contribution in [0.4, 0.5) is 4.39 Å². The molecule has 0 spiro atoms. The highest BCUT2D eigenvalue weighted by Gasteiger charge is 2.17. The van der Waals surface area contributed by atoms with Gasteiger partial charge in [-0.3, -0.25) is 9.89 Å². The van der Waals surface area contributed by atoms with Crippen LogP contribution in [0.15, 0.2) is 89.7 Å². The molecular weight excluding hydrogens is 327 g/mol. The number of para-hydroxylation sites is 1. The van der Waals surface area contributed by atoms with Gasteiger partial charge in [-0.2, -0.15) is 0 Å². The summed E-state index contributed by atoms with van der Waals surface area (Å²) >= 11 is 0. The molecule has 0 aliphatic carbocycles. The molecule has 0 amide bonds. The fourth-order valence-corrected chi connectivity index (χ4v) is 3.04. The molecular formula is C22H17FN2O. The minimum absolute atomic E-state index is 0.0978. The van der Waals surface area contributed by atoms with E-state index in [1.807, 2.05) is 60.7 Å². The predicted octanol–water partition coefficient (Wildman–Crippen LogP) is 4.56. The lowest BCUT2D eigenvalue weighted by atomic mass is 10.0. The summed E-state index contributed by atoms with van der Waals surface area (Å²) in [5, 5.41) is 3.24. The van der Waals surface area contributed by atoms with E-state index in [0.29, 0.717) is 12.0 Å². The Hall–Kier alpha value is -3.40. The van der Waals surface area contributed by atoms with Gasteiger partial charge < -0.3 is 0 Å². The predicted molar refractivity (Wildman–Crippen MR) is 101 cm³/mol. The molecule has 3 aromatic carbocycles. The third-order valence-electron chi connectivity index (χ3n) is 4.36. The van der Waals surface area contributed by atoms with E-state index in [-0.39, 0.29) is 11.4 Å². The Labute approximate surface area is 150 Å². The normalized spacial score (nSPS) is 10.8. The number of halogens is 1. The van der Waals surface area contributed by atoms with Crippen LogP contribution in [0.5, 0.6) is 0 Å². The van der Waals surface area contributed by atoms with Gasteiger partial charge in [-0.15, -0.1) is 0 Å². The van der Waals surface area contributed by atoms with E-state index in [1.165, 1.54) is 12.1 Å². The number of nitrogens with one attached hydrogen (secondary N) is 1. The first-order chi connectivity index (χ1) is 12.7. The Morgan fingerprint density at radius 2 is 1.42 bits per heavy atom. The lowest BCUT2D eigenvalue weighted by Crippen LogP contribution is -2.17. The monoisotopic (exact) mass is 344 g/mol. The number of nitrogens with zero attached hydrogens (tertiary/aromatic N) is 1. The molecule has 0 saturated heterocycles. The summed E-state index contributed by atoms with van der Waals surface area (Å²) in [5.74, 6) is -0.284. The number of aromatic amines is 1. The van der Waals surface area contributed by atoms with Crippen LogP contribution in [0.3, 0.4) is 0 Å². The van der Waals surface area contributed by atoms with Crippen molar-refractivity contribution in [3.63, 3.8) is 0 Å². The molecule has 4 rings (SSSR count). The van der Waals surface area contributed by atoms with E-state index in [1.54, 1.807) is 16.8 Å². The molecule has 26 heavy (non-hydrogen) atoms. The smallest absolute Gasteiger partial charge is 0.275 e. The minimum Gasteiger partial charge on any atom is -0.290 e. The topological polar surface area (TPSA) is 37.8 Å². The average Bonchev–Trinajstić information content (AvgIpc) is 3.01. The van der Waals surface area contributed by atoms with Crippen LogP contribution in [0, 0.1) is 5.82 Å². The average molecular weight is 344 g/mol. The van der Waals surface area contributed by atoms with Gasteiger partial charge in [-0.05, 0) is 35.4 Å². The molecule has 4 heteroatoms. The van der Waals surface area contributed by atoms with Crippen molar-refractivity contribution in [1.29, 1.82) is 0 Å². The maximum Gasteiger partial charge on any atom is 0.275 e. The van der Waals surface area contributed by atoms with Crippen LogP contribution >= 0.6 is 0 Å². The van der Waals surface area contributed by atoms with Gasteiger partial charge >= 0.3 is 0 Å². The third-order valence-corrected chi connectivity index (χ3v) is 4.36. The summed E-state index contributed by atoms with van der Waals surface area (Å²) in [5.41, 5.74) is 3.95. The van der Waals surface area contributed by atoms with E-state index in [9.17, 15) is 9.18 Å². The molecule has 0 radical (unpaired) electrons. The molecule has 0 atom stereocenters. The molecule has 0 unspecified atom stereocenters. The quantitative estimate of drug-likeness (QED) is 0.579. The molecule has 3 nitrogen and oxygen atoms in total. The van der Waals surface area contributed by atoms with E-state index < -0.39 is 0 Å². The molecule has 0 saturated carbocycles. The van der Waals surface area contributed by atoms with Crippen LogP contribution in [0.25, 0.3) is 16.9 Å². The van der Waals surface area contributed by atoms with Gasteiger partial charge in [0.15, 0.2) is 0 Å². The SMILES string of the molecule is O=c1c(Cc2ccc(F)cc2)c(-c2ccccc2)[nH]n1-c1ccccc1. The highest BCUT2D eigenvalue weighted by molar-refractivity contribution is 5.63. The Bertz CT molecular complexity index is 1060. The van der Waals surface area contributed by atoms with Gasteiger partial charge in [0.1, 0.15) is 5.82 Å². The zero-order valence-corrected chi connectivity index (χ0v) is 14.0. The first-order valence-electron chi connectivity index (χ1n) is 8.41. The highest BCUT2D eigenvalue weighted by atomic mass is 19.1. The largest absolute Gasteiger partial charge is 0.290 e. The van der Waals surface area contributed by atoms with Gasteiger partial charge in [0.25, 0.3) is 5.56 Å². The standard InChI is InChI=1S/C22H17FN2O/c23-18-13-11-16(12-14-18)15-20-21(17-7-3-1-4-8-17)24-25(22(20)26)19-9-5-2-6-10-19/h1-14,24H,15H2. The summed E-state index contributed by atoms with van der Waals surface area (Å²) in [7, 11) is 0. The molecule has 128 valence electrons. The first-order valence-corrected chi connectivity index (χ1v) is 8.41. The molecule has 0 fully saturated rings. The van der Waals surface area contributed by atoms with Crippen molar-refractivity contribution in [1.82, 2.24) is 9.78 Å². The fraction of sp³-hybridized carbons (Fsp3) is 0.0455. The van der Waals surface area contributed by atoms with Gasteiger partial charge in [0, 0.05) is 12.0 Å². The molecule has 0 bridgehead atoms. The maximum absolute atomic E-state index is 13.2. The van der Waals surface area contributed by atoms with Crippen molar-refractivity contribution in [2.75, 3.05) is 0 Å². The molecule has 1 N–H and O–H groups in total. The second-order valence-electron chi connectivity index (χ2n) is 6.11. The second kappa shape index (κ2) is 6.84. The summed E-state index contributed by atoms with van der Waals surface area (Å²) < 4.78 is 14.8. The van der Waals surface area contributed by atoms with Gasteiger partial charge in [-0.25, -0.2) is 9.07 Å². The molecule has 4 aromatic rings. The van der Waals surface area contributed by atoms with Gasteiger partial charge in [0.2, 0.25) is 0 Å². The molecule has 1 aromatic heterocycles. The summed E-state index contributed by atoms with van der Waals surface area (Å²) in [4.78, 5) is 13.1. The van der Waals surface area contributed by atoms with Crippen molar-refractivity contribution >= 4 is 0 Å². The van der Waals surface area contributed by atoms with Crippen LogP contribution in [-0.4, -0.2) is 9.78 Å². The summed E-state index contributed by atoms with van der Waals surface area (Å²) in [6.07, 6.45) is 0.430. The number of aromatic nitrogens is 2. The van der Waals surface area contributed by atoms with Crippen molar-refractivity contribution in [3.8, 4) is 16.9 Å². The highest BCUT2D eigenvalue weighted by Crippen LogP contribution is 2.23. The molecule has 0 aliphatic heterocycles. The van der Waals surface area contributed by atoms with E-state index in [2.05, 4.69) is 5.10 Å². The number of hydrogen-bond acceptors (Lipinski definition) is 1. The number of H-pyrrole nitrogens is 1. The van der Waals surface area contributed by atoms with Crippen LogP contribution in [0.2, 0.25) is 0 Å². The lowest BCUT2D eigenvalue weighted by Gasteiger charge is -2.03. The Balaban J connectivity index is 1.86. The van der Waals surface area contributed by atoms with Crippen molar-refractivity contribution in [3.05, 3.63) is 112 Å². The number of hydrogen-bond donors (Lipinski definition) is 1. The van der Waals surface area contributed by atoms with Crippen molar-refractivity contribution < 1.29 is 4.39 Å². The zero-order valence-electron chi connectivity index (χ0n) is 14.0. The minimum atomic E-state index is -0.284. The van der Waals surface area contributed by atoms with Crippen LogP contribution in [-0.2, 0) is 6.42 Å². The Morgan fingerprint density at radius 1 is 0.808 bits per heavy atom. The zero-order chi connectivity index (χ0) is 17.9. The Morgan fingerprint density at radius 3 is 2.08 bits per heavy atom. The van der Waals surface area contributed by atoms with E-state index in [0.717, 1.165) is 22.5 Å². The Kier molecular flexibility index (Phi) is 4.23. The third kappa shape index (κ3) is 3.09. The fourth-order valence-electron chi connectivity index (χ4n) is 3.04. The number of rotatable bonds is 4. The van der Waals surface area contributed by atoms with E-state index >= 15 is 0 Å². The summed E-state index contributed by atoms with van der Waals surface area (Å²) in [6, 6.07) is 25.5. The van der Waals surface area contributed by atoms with Gasteiger partial charge in [-0.1, -0.05) is 60.7 Å².